The second-order valence-electron chi connectivity index (χ2n) is 6.03. The first kappa shape index (κ1) is 12.0. The van der Waals surface area contributed by atoms with E-state index in [2.05, 4.69) is 33.5 Å². The van der Waals surface area contributed by atoms with Gasteiger partial charge in [-0.15, -0.1) is 0 Å². The second-order valence-corrected chi connectivity index (χ2v) is 11.6. The molecule has 0 saturated heterocycles. The predicted octanol–water partition coefficient (Wildman–Crippen LogP) is 3.72. The first-order valence-corrected chi connectivity index (χ1v) is 9.58. The van der Waals surface area contributed by atoms with Crippen LogP contribution in [0, 0.1) is 11.3 Å². The van der Waals surface area contributed by atoms with Gasteiger partial charge in [0.15, 0.2) is 0 Å². The van der Waals surface area contributed by atoms with Crippen LogP contribution in [0.3, 0.4) is 0 Å². The summed E-state index contributed by atoms with van der Waals surface area (Å²) < 4.78 is 0. The van der Waals surface area contributed by atoms with Gasteiger partial charge in [0.25, 0.3) is 0 Å². The van der Waals surface area contributed by atoms with E-state index in [1.165, 1.54) is 18.9 Å². The molecule has 14 heavy (non-hydrogen) atoms. The van der Waals surface area contributed by atoms with Gasteiger partial charge in [-0.3, -0.25) is 4.79 Å². The fourth-order valence-corrected chi connectivity index (χ4v) is 4.62. The molecular weight excluding hydrogens is 188 g/mol. The minimum Gasteiger partial charge on any atom is -0.299 e. The average molecular weight is 212 g/mol. The van der Waals surface area contributed by atoms with Gasteiger partial charge in [-0.25, -0.2) is 0 Å². The molecule has 1 rings (SSSR count). The smallest absolute Gasteiger partial charge is 0.136 e. The molecule has 1 aliphatic carbocycles. The molecule has 0 aliphatic heterocycles. The lowest BCUT2D eigenvalue weighted by molar-refractivity contribution is -0.142. The first-order chi connectivity index (χ1) is 6.34. The van der Waals surface area contributed by atoms with Crippen molar-refractivity contribution in [3.8, 4) is 0 Å². The largest absolute Gasteiger partial charge is 0.299 e. The zero-order valence-electron chi connectivity index (χ0n) is 10.3. The van der Waals surface area contributed by atoms with E-state index in [0.29, 0.717) is 17.1 Å². The Bertz CT molecular complexity index is 223. The van der Waals surface area contributed by atoms with Crippen molar-refractivity contribution in [3.05, 3.63) is 0 Å². The Morgan fingerprint density at radius 1 is 1.29 bits per heavy atom. The predicted molar refractivity (Wildman–Crippen MR) is 64.3 cm³/mol. The third-order valence-electron chi connectivity index (χ3n) is 3.88. The highest BCUT2D eigenvalue weighted by Gasteiger charge is 2.51. The Kier molecular flexibility index (Phi) is 3.25. The van der Waals surface area contributed by atoms with E-state index < -0.39 is 8.07 Å². The molecule has 1 aliphatic rings. The van der Waals surface area contributed by atoms with Crippen LogP contribution in [0.15, 0.2) is 0 Å². The fourth-order valence-electron chi connectivity index (χ4n) is 2.74. The minimum atomic E-state index is -1.07. The van der Waals surface area contributed by atoms with Gasteiger partial charge in [0.2, 0.25) is 0 Å². The van der Waals surface area contributed by atoms with E-state index in [1.54, 1.807) is 0 Å². The molecule has 0 N–H and O–H groups in total. The Hall–Kier alpha value is -0.113. The van der Waals surface area contributed by atoms with Crippen LogP contribution in [0.25, 0.3) is 0 Å². The SMILES string of the molecule is CCC1(CC)CC(=O)C1C[Si](C)(C)C. The molecule has 1 unspecified atom stereocenters. The molecule has 1 saturated carbocycles. The van der Waals surface area contributed by atoms with Crippen LogP contribution in [0.4, 0.5) is 0 Å². The van der Waals surface area contributed by atoms with Crippen molar-refractivity contribution in [1.82, 2.24) is 0 Å². The number of hydrogen-bond donors (Lipinski definition) is 0. The maximum Gasteiger partial charge on any atom is 0.136 e. The molecule has 1 fully saturated rings. The molecule has 1 atom stereocenters. The molecular formula is C12H24OSi. The summed E-state index contributed by atoms with van der Waals surface area (Å²) >= 11 is 0. The van der Waals surface area contributed by atoms with Crippen molar-refractivity contribution in [3.63, 3.8) is 0 Å². The van der Waals surface area contributed by atoms with Gasteiger partial charge in [-0.2, -0.15) is 0 Å². The normalized spacial score (nSPS) is 26.1. The van der Waals surface area contributed by atoms with E-state index in [0.717, 1.165) is 6.42 Å². The lowest BCUT2D eigenvalue weighted by Gasteiger charge is -2.49. The number of carbonyl (C=O) groups excluding carboxylic acids is 1. The molecule has 0 bridgehead atoms. The van der Waals surface area contributed by atoms with Gasteiger partial charge in [0.05, 0.1) is 0 Å². The third kappa shape index (κ3) is 2.10. The Morgan fingerprint density at radius 2 is 1.79 bits per heavy atom. The van der Waals surface area contributed by atoms with Gasteiger partial charge in [0.1, 0.15) is 5.78 Å². The van der Waals surface area contributed by atoms with Crippen LogP contribution in [0.5, 0.6) is 0 Å². The van der Waals surface area contributed by atoms with Crippen LogP contribution in [0.1, 0.15) is 33.1 Å². The summed E-state index contributed by atoms with van der Waals surface area (Å²) in [4.78, 5) is 11.7. The quantitative estimate of drug-likeness (QED) is 0.649. The highest BCUT2D eigenvalue weighted by molar-refractivity contribution is 6.76. The molecule has 0 aromatic carbocycles. The Balaban J connectivity index is 2.70. The van der Waals surface area contributed by atoms with E-state index in [-0.39, 0.29) is 0 Å². The second kappa shape index (κ2) is 3.80. The van der Waals surface area contributed by atoms with Crippen molar-refractivity contribution in [1.29, 1.82) is 0 Å². The number of Topliss-reactive ketones (excluding diaryl/α,β-unsaturated/α-hetero) is 1. The summed E-state index contributed by atoms with van der Waals surface area (Å²) in [7, 11) is -1.07. The maximum absolute atomic E-state index is 11.7. The Morgan fingerprint density at radius 3 is 2.07 bits per heavy atom. The van der Waals surface area contributed by atoms with Crippen LogP contribution in [0.2, 0.25) is 25.7 Å². The molecule has 0 radical (unpaired) electrons. The molecule has 2 heteroatoms. The standard InChI is InChI=1S/C12H24OSi/c1-6-12(7-2)8-11(13)10(12)9-14(3,4)5/h10H,6-9H2,1-5H3. The molecule has 0 heterocycles. The number of rotatable bonds is 4. The van der Waals surface area contributed by atoms with Crippen LogP contribution in [-0.4, -0.2) is 13.9 Å². The molecule has 82 valence electrons. The highest BCUT2D eigenvalue weighted by atomic mass is 28.3. The minimum absolute atomic E-state index is 0.386. The number of hydrogen-bond acceptors (Lipinski definition) is 1. The van der Waals surface area contributed by atoms with Gasteiger partial charge in [-0.1, -0.05) is 33.5 Å². The van der Waals surface area contributed by atoms with Gasteiger partial charge >= 0.3 is 0 Å². The molecule has 0 spiro atoms. The van der Waals surface area contributed by atoms with E-state index in [4.69, 9.17) is 0 Å². The van der Waals surface area contributed by atoms with Crippen LogP contribution in [-0.2, 0) is 4.79 Å². The van der Waals surface area contributed by atoms with Gasteiger partial charge in [0, 0.05) is 20.4 Å². The van der Waals surface area contributed by atoms with Crippen molar-refractivity contribution in [2.75, 3.05) is 0 Å². The summed E-state index contributed by atoms with van der Waals surface area (Å²) in [5, 5.41) is 0. The molecule has 0 aromatic heterocycles. The highest BCUT2D eigenvalue weighted by Crippen LogP contribution is 2.52. The lowest BCUT2D eigenvalue weighted by Crippen LogP contribution is -2.50. The molecule has 0 aromatic rings. The summed E-state index contributed by atoms with van der Waals surface area (Å²) in [6.07, 6.45) is 3.23. The summed E-state index contributed by atoms with van der Waals surface area (Å²) in [6, 6.07) is 1.20. The maximum atomic E-state index is 11.7. The zero-order chi connectivity index (χ0) is 11.0. The van der Waals surface area contributed by atoms with Crippen molar-refractivity contribution in [2.24, 2.45) is 11.3 Å². The average Bonchev–Trinajstić information content (AvgIpc) is 2.09. The first-order valence-electron chi connectivity index (χ1n) is 5.87. The number of ketones is 1. The monoisotopic (exact) mass is 212 g/mol. The zero-order valence-corrected chi connectivity index (χ0v) is 11.3. The van der Waals surface area contributed by atoms with E-state index >= 15 is 0 Å². The van der Waals surface area contributed by atoms with Gasteiger partial charge < -0.3 is 0 Å². The summed E-state index contributed by atoms with van der Waals surface area (Å²) in [6.45, 7) is 11.6. The van der Waals surface area contributed by atoms with Crippen LogP contribution >= 0.6 is 0 Å². The Labute approximate surface area is 89.3 Å². The lowest BCUT2D eigenvalue weighted by atomic mass is 9.57. The van der Waals surface area contributed by atoms with E-state index in [9.17, 15) is 4.79 Å². The molecule has 1 nitrogen and oxygen atoms in total. The third-order valence-corrected chi connectivity index (χ3v) is 5.51. The fraction of sp³-hybridized carbons (Fsp3) is 0.917. The van der Waals surface area contributed by atoms with Crippen molar-refractivity contribution >= 4 is 13.9 Å². The molecule has 0 amide bonds. The number of carbonyl (C=O) groups is 1. The summed E-state index contributed by atoms with van der Waals surface area (Å²) in [5.74, 6) is 0.945. The van der Waals surface area contributed by atoms with Gasteiger partial charge in [-0.05, 0) is 24.3 Å². The van der Waals surface area contributed by atoms with Crippen molar-refractivity contribution in [2.45, 2.75) is 58.8 Å². The van der Waals surface area contributed by atoms with E-state index in [1.807, 2.05) is 0 Å². The van der Waals surface area contributed by atoms with Crippen LogP contribution < -0.4 is 0 Å². The topological polar surface area (TPSA) is 17.1 Å². The summed E-state index contributed by atoms with van der Waals surface area (Å²) in [5.41, 5.74) is 0.386. The van der Waals surface area contributed by atoms with Crippen molar-refractivity contribution < 1.29 is 4.79 Å².